The Bertz CT molecular complexity index is 761. The summed E-state index contributed by atoms with van der Waals surface area (Å²) in [5, 5.41) is 6.79. The standard InChI is InChI=1S/C19H26BrN3O2S/c1-12(8-15-7-6-13(2)26-15)23-19(21-3)22-11-14-9-16(20)18(25-5)17(10-14)24-4/h6-7,9-10,12H,8,11H2,1-5H3,(H2,21,22,23). The molecule has 1 unspecified atom stereocenters. The number of nitrogens with one attached hydrogen (secondary N) is 2. The van der Waals surface area contributed by atoms with Crippen molar-refractivity contribution in [1.29, 1.82) is 0 Å². The third kappa shape index (κ3) is 5.64. The van der Waals surface area contributed by atoms with E-state index in [0.29, 0.717) is 18.0 Å². The van der Waals surface area contributed by atoms with Crippen LogP contribution in [0.4, 0.5) is 0 Å². The van der Waals surface area contributed by atoms with Crippen LogP contribution in [0.15, 0.2) is 33.7 Å². The van der Waals surface area contributed by atoms with Gasteiger partial charge >= 0.3 is 0 Å². The molecule has 0 saturated carbocycles. The summed E-state index contributed by atoms with van der Waals surface area (Å²) in [7, 11) is 5.04. The summed E-state index contributed by atoms with van der Waals surface area (Å²) in [5.41, 5.74) is 1.07. The SMILES string of the molecule is CN=C(NCc1cc(Br)c(OC)c(OC)c1)NC(C)Cc1ccc(C)s1. The van der Waals surface area contributed by atoms with E-state index in [9.17, 15) is 0 Å². The van der Waals surface area contributed by atoms with Gasteiger partial charge in [-0.05, 0) is 59.6 Å². The lowest BCUT2D eigenvalue weighted by Gasteiger charge is -2.18. The van der Waals surface area contributed by atoms with Crippen molar-refractivity contribution >= 4 is 33.2 Å². The van der Waals surface area contributed by atoms with Crippen LogP contribution in [-0.2, 0) is 13.0 Å². The van der Waals surface area contributed by atoms with Crippen molar-refractivity contribution in [2.24, 2.45) is 4.99 Å². The largest absolute Gasteiger partial charge is 0.493 e. The van der Waals surface area contributed by atoms with Crippen molar-refractivity contribution < 1.29 is 9.47 Å². The molecule has 1 aromatic heterocycles. The molecule has 26 heavy (non-hydrogen) atoms. The number of aryl methyl sites for hydroxylation is 1. The van der Waals surface area contributed by atoms with Crippen LogP contribution in [0, 0.1) is 6.92 Å². The molecule has 0 bridgehead atoms. The van der Waals surface area contributed by atoms with Crippen LogP contribution in [0.25, 0.3) is 0 Å². The third-order valence-corrected chi connectivity index (χ3v) is 5.48. The number of hydrogen-bond acceptors (Lipinski definition) is 4. The second-order valence-corrected chi connectivity index (χ2v) is 8.23. The molecule has 0 radical (unpaired) electrons. The van der Waals surface area contributed by atoms with E-state index in [2.05, 4.69) is 57.5 Å². The van der Waals surface area contributed by atoms with Gasteiger partial charge in [0.25, 0.3) is 0 Å². The first-order valence-corrected chi connectivity index (χ1v) is 10.0. The van der Waals surface area contributed by atoms with E-state index in [0.717, 1.165) is 22.4 Å². The summed E-state index contributed by atoms with van der Waals surface area (Å²) in [6, 6.07) is 8.61. The summed E-state index contributed by atoms with van der Waals surface area (Å²) in [4.78, 5) is 7.04. The number of nitrogens with zero attached hydrogens (tertiary/aromatic N) is 1. The first kappa shape index (κ1) is 20.6. The van der Waals surface area contributed by atoms with Crippen LogP contribution in [-0.4, -0.2) is 33.3 Å². The van der Waals surface area contributed by atoms with Gasteiger partial charge in [0.15, 0.2) is 17.5 Å². The number of guanidine groups is 1. The Kier molecular flexibility index (Phi) is 7.78. The maximum absolute atomic E-state index is 5.40. The second-order valence-electron chi connectivity index (χ2n) is 6.00. The van der Waals surface area contributed by atoms with Crippen molar-refractivity contribution in [2.75, 3.05) is 21.3 Å². The fraction of sp³-hybridized carbons (Fsp3) is 0.421. The zero-order chi connectivity index (χ0) is 19.1. The first-order chi connectivity index (χ1) is 12.5. The molecule has 1 atom stereocenters. The van der Waals surface area contributed by atoms with Gasteiger partial charge in [0.1, 0.15) is 0 Å². The van der Waals surface area contributed by atoms with Crippen LogP contribution in [0.3, 0.4) is 0 Å². The van der Waals surface area contributed by atoms with Crippen molar-refractivity contribution in [3.63, 3.8) is 0 Å². The number of halogens is 1. The Morgan fingerprint density at radius 3 is 2.62 bits per heavy atom. The van der Waals surface area contributed by atoms with Crippen LogP contribution < -0.4 is 20.1 Å². The van der Waals surface area contributed by atoms with Crippen LogP contribution in [0.2, 0.25) is 0 Å². The van der Waals surface area contributed by atoms with Crippen molar-refractivity contribution in [2.45, 2.75) is 32.9 Å². The molecule has 1 aromatic carbocycles. The lowest BCUT2D eigenvalue weighted by atomic mass is 10.2. The van der Waals surface area contributed by atoms with Crippen LogP contribution in [0.1, 0.15) is 22.2 Å². The van der Waals surface area contributed by atoms with E-state index in [1.807, 2.05) is 23.5 Å². The Balaban J connectivity index is 1.95. The number of hydrogen-bond donors (Lipinski definition) is 2. The predicted molar refractivity (Wildman–Crippen MR) is 113 cm³/mol. The Morgan fingerprint density at radius 1 is 1.27 bits per heavy atom. The fourth-order valence-electron chi connectivity index (χ4n) is 2.63. The lowest BCUT2D eigenvalue weighted by molar-refractivity contribution is 0.352. The molecule has 5 nitrogen and oxygen atoms in total. The molecule has 0 amide bonds. The molecule has 0 aliphatic carbocycles. The van der Waals surface area contributed by atoms with Gasteiger partial charge in [0.2, 0.25) is 0 Å². The minimum Gasteiger partial charge on any atom is -0.493 e. The molecule has 0 aliphatic heterocycles. The molecule has 2 rings (SSSR count). The summed E-state index contributed by atoms with van der Waals surface area (Å²) >= 11 is 5.36. The van der Waals surface area contributed by atoms with Crippen LogP contribution in [0.5, 0.6) is 11.5 Å². The van der Waals surface area contributed by atoms with Gasteiger partial charge in [0, 0.05) is 35.8 Å². The highest BCUT2D eigenvalue weighted by atomic mass is 79.9. The predicted octanol–water partition coefficient (Wildman–Crippen LogP) is 4.13. The topological polar surface area (TPSA) is 54.9 Å². The molecular formula is C19H26BrN3O2S. The molecular weight excluding hydrogens is 414 g/mol. The van der Waals surface area contributed by atoms with Crippen LogP contribution >= 0.6 is 27.3 Å². The van der Waals surface area contributed by atoms with Gasteiger partial charge in [-0.25, -0.2) is 0 Å². The van der Waals surface area contributed by atoms with E-state index in [4.69, 9.17) is 9.47 Å². The zero-order valence-electron chi connectivity index (χ0n) is 15.9. The van der Waals surface area contributed by atoms with Gasteiger partial charge in [-0.15, -0.1) is 11.3 Å². The molecule has 0 spiro atoms. The lowest BCUT2D eigenvalue weighted by Crippen LogP contribution is -2.42. The summed E-state index contributed by atoms with van der Waals surface area (Å²) < 4.78 is 11.6. The average molecular weight is 440 g/mol. The molecule has 2 N–H and O–H groups in total. The quantitative estimate of drug-likeness (QED) is 0.502. The maximum Gasteiger partial charge on any atom is 0.191 e. The number of benzene rings is 1. The monoisotopic (exact) mass is 439 g/mol. The Morgan fingerprint density at radius 2 is 2.04 bits per heavy atom. The number of ether oxygens (including phenoxy) is 2. The van der Waals surface area contributed by atoms with Gasteiger partial charge in [-0.1, -0.05) is 0 Å². The van der Waals surface area contributed by atoms with E-state index < -0.39 is 0 Å². The van der Waals surface area contributed by atoms with E-state index in [-0.39, 0.29) is 6.04 Å². The Hall–Kier alpha value is -1.73. The molecule has 0 fully saturated rings. The normalized spacial score (nSPS) is 12.6. The highest BCUT2D eigenvalue weighted by molar-refractivity contribution is 9.10. The fourth-order valence-corrected chi connectivity index (χ4v) is 4.31. The minimum atomic E-state index is 0.288. The molecule has 0 saturated heterocycles. The summed E-state index contributed by atoms with van der Waals surface area (Å²) in [5.74, 6) is 2.17. The summed E-state index contributed by atoms with van der Waals surface area (Å²) in [6.07, 6.45) is 0.973. The number of thiophene rings is 1. The number of rotatable bonds is 7. The number of aliphatic imine (C=N–C) groups is 1. The van der Waals surface area contributed by atoms with E-state index in [1.54, 1.807) is 21.3 Å². The number of methoxy groups -OCH3 is 2. The van der Waals surface area contributed by atoms with Gasteiger partial charge in [-0.2, -0.15) is 0 Å². The van der Waals surface area contributed by atoms with E-state index in [1.165, 1.54) is 9.75 Å². The third-order valence-electron chi connectivity index (χ3n) is 3.86. The van der Waals surface area contributed by atoms with Crippen molar-refractivity contribution in [3.8, 4) is 11.5 Å². The van der Waals surface area contributed by atoms with Gasteiger partial charge in [0.05, 0.1) is 18.7 Å². The Labute approximate surface area is 168 Å². The van der Waals surface area contributed by atoms with Crippen molar-refractivity contribution in [1.82, 2.24) is 10.6 Å². The van der Waals surface area contributed by atoms with Crippen molar-refractivity contribution in [3.05, 3.63) is 44.1 Å². The molecule has 7 heteroatoms. The molecule has 142 valence electrons. The van der Waals surface area contributed by atoms with E-state index >= 15 is 0 Å². The smallest absolute Gasteiger partial charge is 0.191 e. The first-order valence-electron chi connectivity index (χ1n) is 8.39. The second kappa shape index (κ2) is 9.83. The maximum atomic E-state index is 5.40. The summed E-state index contributed by atoms with van der Waals surface area (Å²) in [6.45, 7) is 4.92. The zero-order valence-corrected chi connectivity index (χ0v) is 18.3. The van der Waals surface area contributed by atoms with Gasteiger partial charge < -0.3 is 20.1 Å². The highest BCUT2D eigenvalue weighted by Gasteiger charge is 2.12. The molecule has 2 aromatic rings. The van der Waals surface area contributed by atoms with Gasteiger partial charge in [-0.3, -0.25) is 4.99 Å². The highest BCUT2D eigenvalue weighted by Crippen LogP contribution is 2.36. The minimum absolute atomic E-state index is 0.288. The molecule has 1 heterocycles. The molecule has 0 aliphatic rings. The average Bonchev–Trinajstić information content (AvgIpc) is 3.02.